The molecule has 3 rings (SSSR count). The van der Waals surface area contributed by atoms with Crippen LogP contribution in [0.5, 0.6) is 0 Å². The van der Waals surface area contributed by atoms with Crippen molar-refractivity contribution >= 4 is 11.6 Å². The molecule has 1 saturated carbocycles. The molecule has 1 N–H and O–H groups in total. The van der Waals surface area contributed by atoms with E-state index in [4.69, 9.17) is 26.2 Å². The Labute approximate surface area is 142 Å². The number of aromatic nitrogens is 1. The summed E-state index contributed by atoms with van der Waals surface area (Å²) in [5.74, 6) is 0. The molecule has 0 spiro atoms. The minimum atomic E-state index is -0.0709. The Kier molecular flexibility index (Phi) is 5.54. The molecule has 0 amide bonds. The molecular weight excluding hydrogens is 316 g/mol. The van der Waals surface area contributed by atoms with Crippen LogP contribution in [0.15, 0.2) is 18.5 Å². The lowest BCUT2D eigenvalue weighted by Crippen LogP contribution is -2.51. The van der Waals surface area contributed by atoms with Crippen LogP contribution in [0.3, 0.4) is 0 Å². The van der Waals surface area contributed by atoms with Gasteiger partial charge >= 0.3 is 0 Å². The normalized spacial score (nSPS) is 31.3. The summed E-state index contributed by atoms with van der Waals surface area (Å²) in [6, 6.07) is 2.31. The van der Waals surface area contributed by atoms with E-state index < -0.39 is 0 Å². The van der Waals surface area contributed by atoms with Gasteiger partial charge in [0.2, 0.25) is 0 Å². The number of aliphatic hydroxyl groups excluding tert-OH is 1. The second-order valence-electron chi connectivity index (χ2n) is 6.46. The van der Waals surface area contributed by atoms with Gasteiger partial charge in [-0.3, -0.25) is 9.88 Å². The number of halogens is 1. The Bertz CT molecular complexity index is 530. The van der Waals surface area contributed by atoms with Crippen molar-refractivity contribution in [1.82, 2.24) is 9.88 Å². The quantitative estimate of drug-likeness (QED) is 0.860. The van der Waals surface area contributed by atoms with Crippen molar-refractivity contribution in [3.63, 3.8) is 0 Å². The van der Waals surface area contributed by atoms with E-state index in [1.807, 2.05) is 13.2 Å². The summed E-state index contributed by atoms with van der Waals surface area (Å²) in [5.41, 5.74) is 1.03. The van der Waals surface area contributed by atoms with Crippen molar-refractivity contribution in [3.05, 3.63) is 29.0 Å². The summed E-state index contributed by atoms with van der Waals surface area (Å²) in [6.45, 7) is 2.30. The summed E-state index contributed by atoms with van der Waals surface area (Å²) in [6.07, 6.45) is 7.67. The molecule has 1 saturated heterocycles. The van der Waals surface area contributed by atoms with Gasteiger partial charge in [0.05, 0.1) is 29.9 Å². The highest BCUT2D eigenvalue weighted by molar-refractivity contribution is 6.31. The number of hydrogen-bond donors (Lipinski definition) is 1. The van der Waals surface area contributed by atoms with E-state index in [2.05, 4.69) is 9.88 Å². The SMILES string of the molecule is CO[C@@]12CC[C@H](OCCO)C[C@@H]1N(Cc1ccncc1Cl)CC2. The zero-order valence-corrected chi connectivity index (χ0v) is 14.3. The van der Waals surface area contributed by atoms with Crippen molar-refractivity contribution in [2.24, 2.45) is 0 Å². The lowest BCUT2D eigenvalue weighted by molar-refractivity contribution is -0.104. The highest BCUT2D eigenvalue weighted by atomic mass is 35.5. The van der Waals surface area contributed by atoms with Crippen LogP contribution in [-0.2, 0) is 16.0 Å². The van der Waals surface area contributed by atoms with Crippen LogP contribution in [0, 0.1) is 0 Å². The molecule has 2 fully saturated rings. The molecule has 0 radical (unpaired) electrons. The predicted octanol–water partition coefficient (Wildman–Crippen LogP) is 2.26. The molecule has 3 atom stereocenters. The Morgan fingerprint density at radius 3 is 3.09 bits per heavy atom. The van der Waals surface area contributed by atoms with Crippen LogP contribution in [0.2, 0.25) is 5.02 Å². The second-order valence-corrected chi connectivity index (χ2v) is 6.87. The zero-order valence-electron chi connectivity index (χ0n) is 13.6. The van der Waals surface area contributed by atoms with Gasteiger partial charge in [-0.1, -0.05) is 11.6 Å². The van der Waals surface area contributed by atoms with E-state index in [9.17, 15) is 0 Å². The summed E-state index contributed by atoms with van der Waals surface area (Å²) in [4.78, 5) is 6.52. The molecule has 6 heteroatoms. The van der Waals surface area contributed by atoms with Gasteiger partial charge in [0.1, 0.15) is 0 Å². The summed E-state index contributed by atoms with van der Waals surface area (Å²) in [7, 11) is 1.82. The van der Waals surface area contributed by atoms with Gasteiger partial charge in [-0.2, -0.15) is 0 Å². The number of methoxy groups -OCH3 is 1. The lowest BCUT2D eigenvalue weighted by Gasteiger charge is -2.43. The van der Waals surface area contributed by atoms with Gasteiger partial charge in [-0.05, 0) is 37.3 Å². The summed E-state index contributed by atoms with van der Waals surface area (Å²) in [5, 5.41) is 9.69. The first-order valence-corrected chi connectivity index (χ1v) is 8.66. The van der Waals surface area contributed by atoms with Gasteiger partial charge in [-0.15, -0.1) is 0 Å². The molecule has 5 nitrogen and oxygen atoms in total. The molecule has 2 aliphatic rings. The van der Waals surface area contributed by atoms with Gasteiger partial charge in [0, 0.05) is 38.6 Å². The standard InChI is InChI=1S/C17H25ClN2O3/c1-22-17-4-2-14(23-9-8-21)10-16(17)20(7-5-17)12-13-3-6-19-11-15(13)18/h3,6,11,14,16,21H,2,4-5,7-10,12H2,1H3/t14-,16-,17+/m0/s1. The second kappa shape index (κ2) is 7.45. The van der Waals surface area contributed by atoms with Crippen LogP contribution < -0.4 is 0 Å². The summed E-state index contributed by atoms with van der Waals surface area (Å²) >= 11 is 6.27. The van der Waals surface area contributed by atoms with Gasteiger partial charge in [-0.25, -0.2) is 0 Å². The van der Waals surface area contributed by atoms with Crippen molar-refractivity contribution in [3.8, 4) is 0 Å². The fraction of sp³-hybridized carbons (Fsp3) is 0.706. The number of hydrogen-bond acceptors (Lipinski definition) is 5. The Morgan fingerprint density at radius 1 is 1.48 bits per heavy atom. The fourth-order valence-corrected chi connectivity index (χ4v) is 4.25. The molecule has 1 aromatic rings. The van der Waals surface area contributed by atoms with Crippen molar-refractivity contribution in [2.45, 2.75) is 50.0 Å². The largest absolute Gasteiger partial charge is 0.394 e. The fourth-order valence-electron chi connectivity index (χ4n) is 4.07. The first-order chi connectivity index (χ1) is 11.2. The Morgan fingerprint density at radius 2 is 2.35 bits per heavy atom. The number of pyridine rings is 1. The molecule has 2 heterocycles. The zero-order chi connectivity index (χ0) is 16.3. The first kappa shape index (κ1) is 17.1. The van der Waals surface area contributed by atoms with E-state index in [0.717, 1.165) is 44.3 Å². The maximum absolute atomic E-state index is 8.98. The monoisotopic (exact) mass is 340 g/mol. The van der Waals surface area contributed by atoms with E-state index in [0.29, 0.717) is 17.7 Å². The number of fused-ring (bicyclic) bond motifs is 1. The van der Waals surface area contributed by atoms with Crippen molar-refractivity contribution < 1.29 is 14.6 Å². The van der Waals surface area contributed by atoms with Gasteiger partial charge in [0.15, 0.2) is 0 Å². The molecule has 0 aromatic carbocycles. The minimum absolute atomic E-state index is 0.0709. The minimum Gasteiger partial charge on any atom is -0.394 e. The smallest absolute Gasteiger partial charge is 0.0847 e. The maximum atomic E-state index is 8.98. The number of likely N-dealkylation sites (tertiary alicyclic amines) is 1. The number of rotatable bonds is 6. The molecule has 23 heavy (non-hydrogen) atoms. The van der Waals surface area contributed by atoms with E-state index in [1.54, 1.807) is 12.4 Å². The van der Waals surface area contributed by atoms with Crippen LogP contribution in [0.4, 0.5) is 0 Å². The topological polar surface area (TPSA) is 54.8 Å². The predicted molar refractivity (Wildman–Crippen MR) is 88.5 cm³/mol. The molecule has 0 bridgehead atoms. The molecule has 1 aromatic heterocycles. The highest BCUT2D eigenvalue weighted by Crippen LogP contribution is 2.43. The van der Waals surface area contributed by atoms with Crippen molar-refractivity contribution in [2.75, 3.05) is 26.9 Å². The average molecular weight is 341 g/mol. The Hall–Kier alpha value is -0.720. The van der Waals surface area contributed by atoms with Crippen LogP contribution in [0.25, 0.3) is 0 Å². The summed E-state index contributed by atoms with van der Waals surface area (Å²) < 4.78 is 11.7. The highest BCUT2D eigenvalue weighted by Gasteiger charge is 2.51. The van der Waals surface area contributed by atoms with Crippen LogP contribution in [0.1, 0.15) is 31.2 Å². The molecule has 1 aliphatic heterocycles. The van der Waals surface area contributed by atoms with E-state index >= 15 is 0 Å². The average Bonchev–Trinajstić information content (AvgIpc) is 2.94. The lowest BCUT2D eigenvalue weighted by atomic mass is 9.79. The third-order valence-electron chi connectivity index (χ3n) is 5.33. The third-order valence-corrected chi connectivity index (χ3v) is 5.67. The Balaban J connectivity index is 1.73. The maximum Gasteiger partial charge on any atom is 0.0847 e. The molecular formula is C17H25ClN2O3. The van der Waals surface area contributed by atoms with Crippen LogP contribution in [-0.4, -0.2) is 59.6 Å². The molecule has 0 unspecified atom stereocenters. The number of aliphatic hydroxyl groups is 1. The van der Waals surface area contributed by atoms with E-state index in [-0.39, 0.29) is 18.3 Å². The van der Waals surface area contributed by atoms with Gasteiger partial charge in [0.25, 0.3) is 0 Å². The first-order valence-electron chi connectivity index (χ1n) is 8.28. The van der Waals surface area contributed by atoms with Crippen LogP contribution >= 0.6 is 11.6 Å². The number of ether oxygens (including phenoxy) is 2. The third kappa shape index (κ3) is 3.54. The molecule has 128 valence electrons. The van der Waals surface area contributed by atoms with Crippen molar-refractivity contribution in [1.29, 1.82) is 0 Å². The number of nitrogens with zero attached hydrogens (tertiary/aromatic N) is 2. The van der Waals surface area contributed by atoms with E-state index in [1.165, 1.54) is 0 Å². The molecule has 1 aliphatic carbocycles. The van der Waals surface area contributed by atoms with Gasteiger partial charge < -0.3 is 14.6 Å².